The van der Waals surface area contributed by atoms with Crippen molar-refractivity contribution < 1.29 is 4.74 Å². The fraction of sp³-hybridized carbons (Fsp3) is 0.346. The van der Waals surface area contributed by atoms with Crippen molar-refractivity contribution in [1.82, 2.24) is 9.97 Å². The molecule has 0 aliphatic carbocycles. The zero-order valence-corrected chi connectivity index (χ0v) is 18.1. The van der Waals surface area contributed by atoms with E-state index >= 15 is 0 Å². The standard InChI is InChI=1S/C26H28N4O/c1-25(2)19-26(13-15-31-25,21-9-4-3-5-10-21)12-14-29-24-18-28-17-23(30-24)22-11-7-6-8-20(22)16-27/h3-11,17-18H,12-15,19H2,1-2H3,(H,29,30). The molecule has 2 aromatic carbocycles. The zero-order valence-electron chi connectivity index (χ0n) is 18.1. The van der Waals surface area contributed by atoms with Crippen LogP contribution in [0.2, 0.25) is 0 Å². The largest absolute Gasteiger partial charge is 0.376 e. The van der Waals surface area contributed by atoms with Gasteiger partial charge in [-0.05, 0) is 44.7 Å². The summed E-state index contributed by atoms with van der Waals surface area (Å²) in [5.41, 5.74) is 3.39. The van der Waals surface area contributed by atoms with Crippen molar-refractivity contribution in [1.29, 1.82) is 5.26 Å². The minimum Gasteiger partial charge on any atom is -0.376 e. The molecule has 1 aliphatic rings. The third kappa shape index (κ3) is 4.76. The van der Waals surface area contributed by atoms with Crippen LogP contribution in [0.15, 0.2) is 67.0 Å². The Morgan fingerprint density at radius 2 is 1.84 bits per heavy atom. The van der Waals surface area contributed by atoms with Crippen molar-refractivity contribution in [3.8, 4) is 17.3 Å². The highest BCUT2D eigenvalue weighted by molar-refractivity contribution is 5.67. The summed E-state index contributed by atoms with van der Waals surface area (Å²) in [7, 11) is 0. The first-order chi connectivity index (χ1) is 15.0. The van der Waals surface area contributed by atoms with E-state index in [2.05, 4.69) is 60.5 Å². The van der Waals surface area contributed by atoms with E-state index in [9.17, 15) is 5.26 Å². The smallest absolute Gasteiger partial charge is 0.145 e. The summed E-state index contributed by atoms with van der Waals surface area (Å²) in [6.45, 7) is 5.91. The first-order valence-electron chi connectivity index (χ1n) is 10.8. The van der Waals surface area contributed by atoms with Gasteiger partial charge in [-0.25, -0.2) is 4.98 Å². The second-order valence-electron chi connectivity index (χ2n) is 8.81. The van der Waals surface area contributed by atoms with E-state index in [1.54, 1.807) is 18.5 Å². The highest BCUT2D eigenvalue weighted by Crippen LogP contribution is 2.43. The molecule has 1 aromatic heterocycles. The molecule has 1 atom stereocenters. The average Bonchev–Trinajstić information content (AvgIpc) is 2.79. The molecule has 0 bridgehead atoms. The Morgan fingerprint density at radius 3 is 2.61 bits per heavy atom. The van der Waals surface area contributed by atoms with Crippen LogP contribution in [0.3, 0.4) is 0 Å². The summed E-state index contributed by atoms with van der Waals surface area (Å²) in [6, 6.07) is 20.5. The second kappa shape index (κ2) is 8.87. The van der Waals surface area contributed by atoms with Gasteiger partial charge in [0.2, 0.25) is 0 Å². The number of benzene rings is 2. The lowest BCUT2D eigenvalue weighted by Gasteiger charge is -2.45. The topological polar surface area (TPSA) is 70.8 Å². The van der Waals surface area contributed by atoms with Crippen LogP contribution in [-0.2, 0) is 10.2 Å². The molecule has 2 heterocycles. The second-order valence-corrected chi connectivity index (χ2v) is 8.81. The molecule has 0 spiro atoms. The summed E-state index contributed by atoms with van der Waals surface area (Å²) in [5, 5.41) is 12.9. The predicted octanol–water partition coefficient (Wildman–Crippen LogP) is 5.34. The molecule has 0 saturated carbocycles. The molecule has 1 aliphatic heterocycles. The molecule has 1 fully saturated rings. The van der Waals surface area contributed by atoms with E-state index in [0.29, 0.717) is 11.3 Å². The monoisotopic (exact) mass is 412 g/mol. The summed E-state index contributed by atoms with van der Waals surface area (Å²) in [5.74, 6) is 0.722. The molecule has 1 unspecified atom stereocenters. The average molecular weight is 413 g/mol. The Balaban J connectivity index is 1.52. The maximum absolute atomic E-state index is 9.39. The number of aromatic nitrogens is 2. The molecule has 31 heavy (non-hydrogen) atoms. The molecular formula is C26H28N4O. The Kier molecular flexibility index (Phi) is 6.01. The van der Waals surface area contributed by atoms with Gasteiger partial charge in [-0.2, -0.15) is 5.26 Å². The van der Waals surface area contributed by atoms with Gasteiger partial charge in [-0.3, -0.25) is 4.98 Å². The van der Waals surface area contributed by atoms with Crippen LogP contribution in [0.5, 0.6) is 0 Å². The highest BCUT2D eigenvalue weighted by Gasteiger charge is 2.41. The van der Waals surface area contributed by atoms with Gasteiger partial charge in [-0.15, -0.1) is 0 Å². The Hall–Kier alpha value is -3.23. The molecular weight excluding hydrogens is 384 g/mol. The van der Waals surface area contributed by atoms with Crippen molar-refractivity contribution in [3.05, 3.63) is 78.1 Å². The third-order valence-electron chi connectivity index (χ3n) is 6.09. The molecule has 0 radical (unpaired) electrons. The van der Waals surface area contributed by atoms with E-state index in [0.717, 1.165) is 43.8 Å². The number of hydrogen-bond acceptors (Lipinski definition) is 5. The SMILES string of the molecule is CC1(C)CC(CCNc2cncc(-c3ccccc3C#N)n2)(c2ccccc2)CCO1. The number of anilines is 1. The molecule has 0 amide bonds. The summed E-state index contributed by atoms with van der Waals surface area (Å²) >= 11 is 0. The number of rotatable bonds is 6. The van der Waals surface area contributed by atoms with E-state index < -0.39 is 0 Å². The van der Waals surface area contributed by atoms with E-state index in [1.807, 2.05) is 18.2 Å². The van der Waals surface area contributed by atoms with Gasteiger partial charge >= 0.3 is 0 Å². The van der Waals surface area contributed by atoms with Gasteiger partial charge in [0.1, 0.15) is 5.82 Å². The van der Waals surface area contributed by atoms with Crippen molar-refractivity contribution in [2.45, 2.75) is 44.1 Å². The van der Waals surface area contributed by atoms with Crippen LogP contribution >= 0.6 is 0 Å². The zero-order chi connectivity index (χ0) is 21.7. The van der Waals surface area contributed by atoms with Crippen molar-refractivity contribution in [2.24, 2.45) is 0 Å². The van der Waals surface area contributed by atoms with Crippen LogP contribution < -0.4 is 5.32 Å². The lowest BCUT2D eigenvalue weighted by atomic mass is 9.67. The summed E-state index contributed by atoms with van der Waals surface area (Å²) in [6.07, 6.45) is 6.40. The van der Waals surface area contributed by atoms with Gasteiger partial charge in [0.15, 0.2) is 0 Å². The number of nitrogens with zero attached hydrogens (tertiary/aromatic N) is 3. The number of nitriles is 1. The lowest BCUT2D eigenvalue weighted by Crippen LogP contribution is -2.44. The first-order valence-corrected chi connectivity index (χ1v) is 10.8. The Labute approximate surface area is 184 Å². The maximum atomic E-state index is 9.39. The minimum atomic E-state index is -0.144. The third-order valence-corrected chi connectivity index (χ3v) is 6.09. The first kappa shape index (κ1) is 21.0. The van der Waals surface area contributed by atoms with Gasteiger partial charge < -0.3 is 10.1 Å². The minimum absolute atomic E-state index is 0.0639. The maximum Gasteiger partial charge on any atom is 0.145 e. The summed E-state index contributed by atoms with van der Waals surface area (Å²) < 4.78 is 6.02. The predicted molar refractivity (Wildman–Crippen MR) is 123 cm³/mol. The lowest BCUT2D eigenvalue weighted by molar-refractivity contribution is -0.0835. The van der Waals surface area contributed by atoms with Crippen LogP contribution in [-0.4, -0.2) is 28.7 Å². The molecule has 3 aromatic rings. The Morgan fingerprint density at radius 1 is 1.06 bits per heavy atom. The molecule has 5 heteroatoms. The van der Waals surface area contributed by atoms with Crippen LogP contribution in [0.1, 0.15) is 44.2 Å². The molecule has 1 N–H and O–H groups in total. The van der Waals surface area contributed by atoms with E-state index in [-0.39, 0.29) is 11.0 Å². The van der Waals surface area contributed by atoms with Gasteiger partial charge in [0.25, 0.3) is 0 Å². The van der Waals surface area contributed by atoms with Crippen molar-refractivity contribution in [3.63, 3.8) is 0 Å². The van der Waals surface area contributed by atoms with Crippen LogP contribution in [0, 0.1) is 11.3 Å². The number of hydrogen-bond donors (Lipinski definition) is 1. The van der Waals surface area contributed by atoms with Gasteiger partial charge in [0.05, 0.1) is 35.3 Å². The van der Waals surface area contributed by atoms with Gasteiger partial charge in [-0.1, -0.05) is 48.5 Å². The molecule has 5 nitrogen and oxygen atoms in total. The molecule has 1 saturated heterocycles. The molecule has 158 valence electrons. The van der Waals surface area contributed by atoms with Crippen LogP contribution in [0.25, 0.3) is 11.3 Å². The fourth-order valence-electron chi connectivity index (χ4n) is 4.69. The highest BCUT2D eigenvalue weighted by atomic mass is 16.5. The number of nitrogens with one attached hydrogen (secondary N) is 1. The van der Waals surface area contributed by atoms with Crippen LogP contribution in [0.4, 0.5) is 5.82 Å². The summed E-state index contributed by atoms with van der Waals surface area (Å²) in [4.78, 5) is 9.05. The fourth-order valence-corrected chi connectivity index (χ4v) is 4.69. The molecule has 4 rings (SSSR count). The van der Waals surface area contributed by atoms with E-state index in [1.165, 1.54) is 5.56 Å². The van der Waals surface area contributed by atoms with Crippen molar-refractivity contribution in [2.75, 3.05) is 18.5 Å². The van der Waals surface area contributed by atoms with Gasteiger partial charge in [0, 0.05) is 24.1 Å². The number of ether oxygens (including phenoxy) is 1. The van der Waals surface area contributed by atoms with E-state index in [4.69, 9.17) is 9.72 Å². The normalized spacial score (nSPS) is 20.0. The quantitative estimate of drug-likeness (QED) is 0.591. The Bertz CT molecular complexity index is 1070. The van der Waals surface area contributed by atoms with Crippen molar-refractivity contribution >= 4 is 5.82 Å².